The number of unbranched alkanes of at least 4 members (excludes halogenated alkanes) is 7. The summed E-state index contributed by atoms with van der Waals surface area (Å²) in [5, 5.41) is 2.80. The second-order valence-corrected chi connectivity index (χ2v) is 7.80. The monoisotopic (exact) mass is 383 g/mol. The Balaban J connectivity index is 2.36. The van der Waals surface area contributed by atoms with E-state index < -0.39 is 12.1 Å². The first-order chi connectivity index (χ1) is 13.2. The van der Waals surface area contributed by atoms with Crippen LogP contribution in [0.2, 0.25) is 0 Å². The van der Waals surface area contributed by atoms with Crippen LogP contribution in [0.1, 0.15) is 104 Å². The quantitative estimate of drug-likeness (QED) is 0.306. The second-order valence-electron chi connectivity index (χ2n) is 7.80. The second kappa shape index (κ2) is 15.8. The number of carbonyl (C=O) groups excluding carboxylic acids is 2. The lowest BCUT2D eigenvalue weighted by Gasteiger charge is -2.29. The average molecular weight is 384 g/mol. The van der Waals surface area contributed by atoms with E-state index in [2.05, 4.69) is 19.2 Å². The van der Waals surface area contributed by atoms with E-state index in [0.717, 1.165) is 57.8 Å². The van der Waals surface area contributed by atoms with Crippen LogP contribution in [0.5, 0.6) is 0 Å². The average Bonchev–Trinajstić information content (AvgIpc) is 2.69. The third kappa shape index (κ3) is 11.2. The van der Waals surface area contributed by atoms with E-state index >= 15 is 0 Å². The molecule has 0 aromatic heterocycles. The lowest BCUT2D eigenvalue weighted by Crippen LogP contribution is -2.47. The number of carbonyl (C=O) groups is 2. The number of esters is 1. The molecule has 0 spiro atoms. The maximum atomic E-state index is 12.5. The van der Waals surface area contributed by atoms with Crippen molar-refractivity contribution in [3.63, 3.8) is 0 Å². The third-order valence-corrected chi connectivity index (χ3v) is 5.37. The minimum Gasteiger partial charge on any atom is -0.464 e. The zero-order chi connectivity index (χ0) is 19.7. The van der Waals surface area contributed by atoms with Crippen molar-refractivity contribution in [2.75, 3.05) is 13.2 Å². The van der Waals surface area contributed by atoms with E-state index in [1.807, 2.05) is 0 Å². The van der Waals surface area contributed by atoms with E-state index in [-0.39, 0.29) is 11.9 Å². The van der Waals surface area contributed by atoms with Crippen molar-refractivity contribution in [1.29, 1.82) is 0 Å². The molecule has 1 saturated carbocycles. The van der Waals surface area contributed by atoms with Crippen LogP contribution in [-0.2, 0) is 14.3 Å². The first kappa shape index (κ1) is 23.8. The largest absolute Gasteiger partial charge is 0.464 e. The Morgan fingerprint density at radius 3 is 2.07 bits per heavy atom. The number of ether oxygens (including phenoxy) is 2. The molecule has 0 aromatic carbocycles. The molecule has 158 valence electrons. The van der Waals surface area contributed by atoms with E-state index in [1.165, 1.54) is 32.1 Å². The predicted molar refractivity (Wildman–Crippen MR) is 109 cm³/mol. The van der Waals surface area contributed by atoms with Gasteiger partial charge in [0.2, 0.25) is 0 Å². The van der Waals surface area contributed by atoms with Crippen LogP contribution in [0.25, 0.3) is 0 Å². The normalized spacial score (nSPS) is 15.9. The highest BCUT2D eigenvalue weighted by atomic mass is 16.6. The number of hydrogen-bond donors (Lipinski definition) is 1. The molecule has 0 heterocycles. The van der Waals surface area contributed by atoms with Crippen LogP contribution in [0.15, 0.2) is 0 Å². The van der Waals surface area contributed by atoms with Gasteiger partial charge < -0.3 is 14.8 Å². The highest BCUT2D eigenvalue weighted by Crippen LogP contribution is 2.27. The van der Waals surface area contributed by atoms with Crippen LogP contribution in [0.3, 0.4) is 0 Å². The van der Waals surface area contributed by atoms with Gasteiger partial charge in [0, 0.05) is 0 Å². The molecule has 1 aliphatic rings. The molecular weight excluding hydrogens is 342 g/mol. The van der Waals surface area contributed by atoms with Crippen molar-refractivity contribution in [1.82, 2.24) is 5.32 Å². The Morgan fingerprint density at radius 1 is 0.815 bits per heavy atom. The van der Waals surface area contributed by atoms with Crippen molar-refractivity contribution in [3.8, 4) is 0 Å². The molecule has 1 unspecified atom stereocenters. The molecule has 5 heteroatoms. The SMILES string of the molecule is CCCCCCCCOC(=O)NC(C(=O)OCCCCC)C1CCCCC1. The molecule has 1 rings (SSSR count). The van der Waals surface area contributed by atoms with Crippen molar-refractivity contribution in [2.24, 2.45) is 5.92 Å². The summed E-state index contributed by atoms with van der Waals surface area (Å²) in [7, 11) is 0. The van der Waals surface area contributed by atoms with Gasteiger partial charge in [-0.2, -0.15) is 0 Å². The van der Waals surface area contributed by atoms with Gasteiger partial charge in [-0.05, 0) is 31.6 Å². The van der Waals surface area contributed by atoms with Crippen LogP contribution in [0.4, 0.5) is 4.79 Å². The lowest BCUT2D eigenvalue weighted by atomic mass is 9.84. The molecule has 0 bridgehead atoms. The number of nitrogens with one attached hydrogen (secondary N) is 1. The molecule has 0 aliphatic heterocycles. The van der Waals surface area contributed by atoms with Gasteiger partial charge in [-0.3, -0.25) is 0 Å². The molecule has 0 saturated heterocycles. The summed E-state index contributed by atoms with van der Waals surface area (Å²) in [6, 6.07) is -0.566. The van der Waals surface area contributed by atoms with Gasteiger partial charge in [0.1, 0.15) is 6.04 Å². The predicted octanol–water partition coefficient (Wildman–Crippen LogP) is 5.76. The van der Waals surface area contributed by atoms with E-state index in [4.69, 9.17) is 9.47 Å². The fraction of sp³-hybridized carbons (Fsp3) is 0.909. The standard InChI is InChI=1S/C22H41NO4/c1-3-5-7-8-9-14-18-27-22(25)23-20(19-15-11-10-12-16-19)21(24)26-17-13-6-4-2/h19-20H,3-18H2,1-2H3,(H,23,25). The molecule has 27 heavy (non-hydrogen) atoms. The molecule has 1 amide bonds. The van der Waals surface area contributed by atoms with Gasteiger partial charge >= 0.3 is 12.1 Å². The zero-order valence-electron chi connectivity index (χ0n) is 17.6. The highest BCUT2D eigenvalue weighted by molar-refractivity contribution is 5.81. The van der Waals surface area contributed by atoms with Crippen molar-refractivity contribution >= 4 is 12.1 Å². The molecule has 0 aromatic rings. The zero-order valence-corrected chi connectivity index (χ0v) is 17.6. The number of alkyl carbamates (subject to hydrolysis) is 1. The Labute approximate surface area is 165 Å². The first-order valence-electron chi connectivity index (χ1n) is 11.3. The summed E-state index contributed by atoms with van der Waals surface area (Å²) in [4.78, 5) is 24.7. The van der Waals surface area contributed by atoms with Crippen molar-refractivity contribution in [2.45, 2.75) is 110 Å². The van der Waals surface area contributed by atoms with Crippen LogP contribution >= 0.6 is 0 Å². The minimum absolute atomic E-state index is 0.166. The third-order valence-electron chi connectivity index (χ3n) is 5.37. The summed E-state index contributed by atoms with van der Waals surface area (Å²) >= 11 is 0. The van der Waals surface area contributed by atoms with Crippen LogP contribution in [-0.4, -0.2) is 31.3 Å². The summed E-state index contributed by atoms with van der Waals surface area (Å²) < 4.78 is 10.7. The molecule has 1 fully saturated rings. The maximum absolute atomic E-state index is 12.5. The van der Waals surface area contributed by atoms with Crippen LogP contribution < -0.4 is 5.32 Å². The van der Waals surface area contributed by atoms with Gasteiger partial charge in [-0.25, -0.2) is 9.59 Å². The number of hydrogen-bond acceptors (Lipinski definition) is 4. The molecule has 5 nitrogen and oxygen atoms in total. The van der Waals surface area contributed by atoms with E-state index in [9.17, 15) is 9.59 Å². The maximum Gasteiger partial charge on any atom is 0.407 e. The Morgan fingerprint density at radius 2 is 1.37 bits per heavy atom. The molecular formula is C22H41NO4. The molecule has 1 aliphatic carbocycles. The van der Waals surface area contributed by atoms with Gasteiger partial charge in [-0.1, -0.05) is 78.1 Å². The molecule has 1 atom stereocenters. The molecule has 1 N–H and O–H groups in total. The Kier molecular flexibility index (Phi) is 13.9. The van der Waals surface area contributed by atoms with E-state index in [1.54, 1.807) is 0 Å². The van der Waals surface area contributed by atoms with Gasteiger partial charge in [0.15, 0.2) is 0 Å². The Bertz CT molecular complexity index is 394. The van der Waals surface area contributed by atoms with E-state index in [0.29, 0.717) is 13.2 Å². The fourth-order valence-corrected chi connectivity index (χ4v) is 3.67. The topological polar surface area (TPSA) is 64.6 Å². The number of amides is 1. The minimum atomic E-state index is -0.566. The van der Waals surface area contributed by atoms with Gasteiger partial charge in [0.05, 0.1) is 13.2 Å². The van der Waals surface area contributed by atoms with Gasteiger partial charge in [-0.15, -0.1) is 0 Å². The summed E-state index contributed by atoms with van der Waals surface area (Å²) in [5.41, 5.74) is 0. The van der Waals surface area contributed by atoms with Crippen LogP contribution in [0, 0.1) is 5.92 Å². The molecule has 0 radical (unpaired) electrons. The summed E-state index contributed by atoms with van der Waals surface area (Å²) in [5.74, 6) is -0.131. The highest BCUT2D eigenvalue weighted by Gasteiger charge is 2.32. The first-order valence-corrected chi connectivity index (χ1v) is 11.3. The smallest absolute Gasteiger partial charge is 0.407 e. The lowest BCUT2D eigenvalue weighted by molar-refractivity contribution is -0.148. The summed E-state index contributed by atoms with van der Waals surface area (Å²) in [6.07, 6.45) is 14.8. The number of rotatable bonds is 14. The Hall–Kier alpha value is -1.26. The fourth-order valence-electron chi connectivity index (χ4n) is 3.67. The van der Waals surface area contributed by atoms with Gasteiger partial charge in [0.25, 0.3) is 0 Å². The summed E-state index contributed by atoms with van der Waals surface area (Å²) in [6.45, 7) is 5.17. The van der Waals surface area contributed by atoms with Crippen molar-refractivity contribution < 1.29 is 19.1 Å². The van der Waals surface area contributed by atoms with Crippen molar-refractivity contribution in [3.05, 3.63) is 0 Å².